The third kappa shape index (κ3) is 1.85. The summed E-state index contributed by atoms with van der Waals surface area (Å²) in [5.74, 6) is 0.528. The second kappa shape index (κ2) is 4.21. The Morgan fingerprint density at radius 1 is 1.50 bits per heavy atom. The van der Waals surface area contributed by atoms with E-state index in [1.54, 1.807) is 24.1 Å². The maximum Gasteiger partial charge on any atom is 0.276 e. The lowest BCUT2D eigenvalue weighted by atomic mass is 10.1. The van der Waals surface area contributed by atoms with Crippen molar-refractivity contribution in [1.82, 2.24) is 20.0 Å². The molecule has 0 unspecified atom stereocenters. The molecular formula is C12H12N4O2. The van der Waals surface area contributed by atoms with E-state index in [1.807, 2.05) is 0 Å². The number of nitrogens with zero attached hydrogens (tertiary/aromatic N) is 4. The summed E-state index contributed by atoms with van der Waals surface area (Å²) in [6, 6.07) is 1.65. The molecule has 1 aliphatic rings. The molecule has 0 bridgehead atoms. The van der Waals surface area contributed by atoms with Gasteiger partial charge in [-0.1, -0.05) is 5.16 Å². The minimum Gasteiger partial charge on any atom is -0.361 e. The number of carbonyl (C=O) groups excluding carboxylic acids is 1. The molecule has 2 aromatic heterocycles. The number of hydrogen-bond acceptors (Lipinski definition) is 5. The topological polar surface area (TPSA) is 72.1 Å². The van der Waals surface area contributed by atoms with Crippen LogP contribution in [0.25, 0.3) is 0 Å². The van der Waals surface area contributed by atoms with Crippen LogP contribution in [0.5, 0.6) is 0 Å². The third-order valence-electron chi connectivity index (χ3n) is 3.00. The second-order valence-corrected chi connectivity index (χ2v) is 4.29. The molecule has 0 saturated carbocycles. The molecule has 0 spiro atoms. The molecule has 1 amide bonds. The minimum absolute atomic E-state index is 0.110. The first-order valence-corrected chi connectivity index (χ1v) is 5.74. The predicted octanol–water partition coefficient (Wildman–Crippen LogP) is 0.972. The molecule has 0 aromatic carbocycles. The molecule has 3 rings (SSSR count). The average Bonchev–Trinajstić information content (AvgIpc) is 2.84. The van der Waals surface area contributed by atoms with E-state index in [-0.39, 0.29) is 5.91 Å². The summed E-state index contributed by atoms with van der Waals surface area (Å²) in [6.07, 6.45) is 4.05. The molecule has 0 fully saturated rings. The van der Waals surface area contributed by atoms with Crippen molar-refractivity contribution < 1.29 is 9.32 Å². The number of rotatable bonds is 1. The van der Waals surface area contributed by atoms with Gasteiger partial charge in [0.15, 0.2) is 5.69 Å². The smallest absolute Gasteiger partial charge is 0.276 e. The average molecular weight is 244 g/mol. The summed E-state index contributed by atoms with van der Waals surface area (Å²) in [5.41, 5.74) is 2.37. The normalized spacial score (nSPS) is 14.4. The van der Waals surface area contributed by atoms with E-state index >= 15 is 0 Å². The number of fused-ring (bicyclic) bond motifs is 1. The van der Waals surface area contributed by atoms with Gasteiger partial charge in [-0.3, -0.25) is 4.79 Å². The van der Waals surface area contributed by atoms with Crippen molar-refractivity contribution in [3.8, 4) is 0 Å². The van der Waals surface area contributed by atoms with Crippen molar-refractivity contribution in [1.29, 1.82) is 0 Å². The quantitative estimate of drug-likeness (QED) is 0.747. The standard InChI is InChI=1S/C12H12N4O2/c1-8-4-11(15-18-8)12(17)16-3-2-10-9(6-16)5-13-7-14-10/h4-5,7H,2-3,6H2,1H3. The Morgan fingerprint density at radius 3 is 3.17 bits per heavy atom. The fourth-order valence-electron chi connectivity index (χ4n) is 2.07. The summed E-state index contributed by atoms with van der Waals surface area (Å²) in [6.45, 7) is 2.94. The molecule has 3 heterocycles. The van der Waals surface area contributed by atoms with E-state index < -0.39 is 0 Å². The largest absolute Gasteiger partial charge is 0.361 e. The summed E-state index contributed by atoms with van der Waals surface area (Å²) in [5, 5.41) is 3.75. The van der Waals surface area contributed by atoms with Gasteiger partial charge in [-0.25, -0.2) is 9.97 Å². The van der Waals surface area contributed by atoms with E-state index in [0.29, 0.717) is 24.5 Å². The number of amides is 1. The van der Waals surface area contributed by atoms with Crippen LogP contribution in [0.4, 0.5) is 0 Å². The van der Waals surface area contributed by atoms with Crippen molar-refractivity contribution in [2.45, 2.75) is 19.9 Å². The van der Waals surface area contributed by atoms with Crippen LogP contribution in [0.1, 0.15) is 27.5 Å². The molecule has 6 nitrogen and oxygen atoms in total. The van der Waals surface area contributed by atoms with E-state index in [4.69, 9.17) is 4.52 Å². The first kappa shape index (κ1) is 10.9. The number of aryl methyl sites for hydroxylation is 1. The Kier molecular flexibility index (Phi) is 2.55. The highest BCUT2D eigenvalue weighted by Gasteiger charge is 2.24. The van der Waals surface area contributed by atoms with Crippen LogP contribution in [-0.4, -0.2) is 32.5 Å². The zero-order valence-corrected chi connectivity index (χ0v) is 9.96. The highest BCUT2D eigenvalue weighted by Crippen LogP contribution is 2.17. The molecule has 6 heteroatoms. The van der Waals surface area contributed by atoms with Gasteiger partial charge in [0.25, 0.3) is 5.91 Å². The van der Waals surface area contributed by atoms with Gasteiger partial charge in [0.1, 0.15) is 12.1 Å². The van der Waals surface area contributed by atoms with Gasteiger partial charge in [0.05, 0.1) is 5.69 Å². The minimum atomic E-state index is -0.110. The zero-order valence-electron chi connectivity index (χ0n) is 9.96. The van der Waals surface area contributed by atoms with Gasteiger partial charge in [-0.2, -0.15) is 0 Å². The number of hydrogen-bond donors (Lipinski definition) is 0. The lowest BCUT2D eigenvalue weighted by Gasteiger charge is -2.26. The van der Waals surface area contributed by atoms with Crippen LogP contribution >= 0.6 is 0 Å². The lowest BCUT2D eigenvalue weighted by Crippen LogP contribution is -2.36. The summed E-state index contributed by atoms with van der Waals surface area (Å²) >= 11 is 0. The molecule has 18 heavy (non-hydrogen) atoms. The molecule has 2 aromatic rings. The fourth-order valence-corrected chi connectivity index (χ4v) is 2.07. The molecule has 0 radical (unpaired) electrons. The van der Waals surface area contributed by atoms with Crippen molar-refractivity contribution >= 4 is 5.91 Å². The SMILES string of the molecule is Cc1cc(C(=O)N2CCc3ncncc3C2)no1. The van der Waals surface area contributed by atoms with E-state index in [0.717, 1.165) is 17.7 Å². The van der Waals surface area contributed by atoms with Crippen molar-refractivity contribution in [2.24, 2.45) is 0 Å². The monoisotopic (exact) mass is 244 g/mol. The van der Waals surface area contributed by atoms with Gasteiger partial charge >= 0.3 is 0 Å². The Labute approximate surface area is 104 Å². The highest BCUT2D eigenvalue weighted by atomic mass is 16.5. The van der Waals surface area contributed by atoms with Crippen LogP contribution in [-0.2, 0) is 13.0 Å². The summed E-state index contributed by atoms with van der Waals surface area (Å²) in [7, 11) is 0. The maximum absolute atomic E-state index is 12.2. The Bertz CT molecular complexity index is 593. The Balaban J connectivity index is 1.82. The predicted molar refractivity (Wildman–Crippen MR) is 61.7 cm³/mol. The van der Waals surface area contributed by atoms with Crippen LogP contribution < -0.4 is 0 Å². The fraction of sp³-hybridized carbons (Fsp3) is 0.333. The van der Waals surface area contributed by atoms with Gasteiger partial charge in [0.2, 0.25) is 0 Å². The van der Waals surface area contributed by atoms with Gasteiger partial charge in [0, 0.05) is 37.3 Å². The van der Waals surface area contributed by atoms with Crippen LogP contribution in [0.2, 0.25) is 0 Å². The van der Waals surface area contributed by atoms with E-state index in [2.05, 4.69) is 15.1 Å². The van der Waals surface area contributed by atoms with Crippen molar-refractivity contribution in [2.75, 3.05) is 6.54 Å². The van der Waals surface area contributed by atoms with Crippen molar-refractivity contribution in [3.05, 3.63) is 41.3 Å². The molecule has 0 aliphatic carbocycles. The molecular weight excluding hydrogens is 232 g/mol. The molecule has 92 valence electrons. The highest BCUT2D eigenvalue weighted by molar-refractivity contribution is 5.92. The Hall–Kier alpha value is -2.24. The molecule has 0 atom stereocenters. The van der Waals surface area contributed by atoms with Gasteiger partial charge in [-0.15, -0.1) is 0 Å². The number of aromatic nitrogens is 3. The first-order valence-electron chi connectivity index (χ1n) is 5.74. The van der Waals surface area contributed by atoms with Gasteiger partial charge < -0.3 is 9.42 Å². The van der Waals surface area contributed by atoms with E-state index in [9.17, 15) is 4.79 Å². The lowest BCUT2D eigenvalue weighted by molar-refractivity contribution is 0.0722. The van der Waals surface area contributed by atoms with Crippen LogP contribution in [0, 0.1) is 6.92 Å². The second-order valence-electron chi connectivity index (χ2n) is 4.29. The maximum atomic E-state index is 12.2. The molecule has 0 N–H and O–H groups in total. The van der Waals surface area contributed by atoms with Gasteiger partial charge in [-0.05, 0) is 6.92 Å². The Morgan fingerprint density at radius 2 is 2.39 bits per heavy atom. The van der Waals surface area contributed by atoms with E-state index in [1.165, 1.54) is 6.33 Å². The summed E-state index contributed by atoms with van der Waals surface area (Å²) in [4.78, 5) is 22.1. The first-order chi connectivity index (χ1) is 8.74. The number of carbonyl (C=O) groups is 1. The summed E-state index contributed by atoms with van der Waals surface area (Å²) < 4.78 is 4.92. The zero-order chi connectivity index (χ0) is 12.5. The van der Waals surface area contributed by atoms with Crippen molar-refractivity contribution in [3.63, 3.8) is 0 Å². The molecule has 1 aliphatic heterocycles. The van der Waals surface area contributed by atoms with Crippen LogP contribution in [0.3, 0.4) is 0 Å². The third-order valence-corrected chi connectivity index (χ3v) is 3.00. The van der Waals surface area contributed by atoms with Crippen LogP contribution in [0.15, 0.2) is 23.1 Å². The molecule has 0 saturated heterocycles.